The predicted octanol–water partition coefficient (Wildman–Crippen LogP) is 2.32. The van der Waals surface area contributed by atoms with Crippen molar-refractivity contribution in [1.29, 1.82) is 0 Å². The second-order valence-electron chi connectivity index (χ2n) is 4.34. The molecule has 0 aliphatic rings. The van der Waals surface area contributed by atoms with Gasteiger partial charge in [0.05, 0.1) is 13.2 Å². The van der Waals surface area contributed by atoms with Crippen molar-refractivity contribution in [3.05, 3.63) is 30.3 Å². The summed E-state index contributed by atoms with van der Waals surface area (Å²) in [5.74, 6) is 0.786. The lowest BCUT2D eigenvalue weighted by Gasteiger charge is -2.29. The van der Waals surface area contributed by atoms with Crippen LogP contribution < -0.4 is 4.52 Å². The lowest BCUT2D eigenvalue weighted by atomic mass is 10.3. The molecule has 6 nitrogen and oxygen atoms in total. The molecule has 1 aromatic rings. The van der Waals surface area contributed by atoms with Crippen molar-refractivity contribution in [3.63, 3.8) is 0 Å². The first kappa shape index (κ1) is 19.7. The highest BCUT2D eigenvalue weighted by atomic mass is 35.5. The molecule has 22 heavy (non-hydrogen) atoms. The Morgan fingerprint density at radius 2 is 1.77 bits per heavy atom. The molecule has 0 radical (unpaired) electrons. The lowest BCUT2D eigenvalue weighted by molar-refractivity contribution is 0.0452. The van der Waals surface area contributed by atoms with Gasteiger partial charge >= 0.3 is 7.75 Å². The third-order valence-corrected chi connectivity index (χ3v) is 4.98. The third kappa shape index (κ3) is 6.42. The van der Waals surface area contributed by atoms with E-state index in [4.69, 9.17) is 37.4 Å². The molecule has 0 aromatic heterocycles. The molecule has 0 saturated heterocycles. The van der Waals surface area contributed by atoms with Crippen LogP contribution in [-0.2, 0) is 9.09 Å². The third-order valence-electron chi connectivity index (χ3n) is 2.64. The first-order valence-electron chi connectivity index (χ1n) is 6.71. The monoisotopic (exact) mass is 371 g/mol. The summed E-state index contributed by atoms with van der Waals surface area (Å²) in [6, 6.07) is 8.53. The number of alkyl halides is 2. The first-order valence-corrected chi connectivity index (χ1v) is 9.27. The van der Waals surface area contributed by atoms with E-state index in [1.54, 1.807) is 30.3 Å². The standard InChI is InChI=1S/C13H20Cl2NO5P/c14-6-8-16(9-7-15)22(19,20-11-12(18)10-17)21-13-4-2-1-3-5-13/h1-5,12,17-18H,6-11H2/t12-,22+/m1/s1. The first-order chi connectivity index (χ1) is 10.6. The van der Waals surface area contributed by atoms with E-state index in [1.807, 2.05) is 0 Å². The molecule has 0 fully saturated rings. The molecule has 126 valence electrons. The van der Waals surface area contributed by atoms with E-state index in [2.05, 4.69) is 0 Å². The molecular weight excluding hydrogens is 352 g/mol. The van der Waals surface area contributed by atoms with Gasteiger partial charge in [0.1, 0.15) is 11.9 Å². The molecule has 2 N–H and O–H groups in total. The number of benzene rings is 1. The highest BCUT2D eigenvalue weighted by Gasteiger charge is 2.35. The molecule has 0 heterocycles. The van der Waals surface area contributed by atoms with E-state index in [-0.39, 0.29) is 31.5 Å². The summed E-state index contributed by atoms with van der Waals surface area (Å²) in [7, 11) is -3.76. The zero-order chi connectivity index (χ0) is 16.4. The van der Waals surface area contributed by atoms with Crippen molar-refractivity contribution < 1.29 is 23.8 Å². The lowest BCUT2D eigenvalue weighted by Crippen LogP contribution is -2.30. The van der Waals surface area contributed by atoms with Crippen LogP contribution in [0, 0.1) is 0 Å². The minimum atomic E-state index is -3.76. The van der Waals surface area contributed by atoms with Crippen molar-refractivity contribution in [3.8, 4) is 5.75 Å². The molecule has 0 spiro atoms. The summed E-state index contributed by atoms with van der Waals surface area (Å²) in [6.07, 6.45) is -1.15. The number of aliphatic hydroxyl groups excluding tert-OH is 2. The van der Waals surface area contributed by atoms with Gasteiger partial charge in [0.25, 0.3) is 0 Å². The average Bonchev–Trinajstić information content (AvgIpc) is 2.53. The van der Waals surface area contributed by atoms with Gasteiger partial charge in [-0.15, -0.1) is 23.2 Å². The number of nitrogens with zero attached hydrogens (tertiary/aromatic N) is 1. The van der Waals surface area contributed by atoms with E-state index in [9.17, 15) is 9.67 Å². The molecule has 2 atom stereocenters. The van der Waals surface area contributed by atoms with Gasteiger partial charge in [-0.05, 0) is 12.1 Å². The Labute approximate surface area is 140 Å². The van der Waals surface area contributed by atoms with Crippen molar-refractivity contribution in [1.82, 2.24) is 4.67 Å². The summed E-state index contributed by atoms with van der Waals surface area (Å²) in [4.78, 5) is 0. The molecule has 0 aliphatic heterocycles. The van der Waals surface area contributed by atoms with Gasteiger partial charge in [0, 0.05) is 24.8 Å². The summed E-state index contributed by atoms with van der Waals surface area (Å²) in [6.45, 7) is -0.348. The number of halogens is 2. The SMILES string of the molecule is O=[P@@](OC[C@H](O)CO)(Oc1ccccc1)N(CCCl)CCCl. The summed E-state index contributed by atoms with van der Waals surface area (Å²) >= 11 is 11.4. The van der Waals surface area contributed by atoms with Crippen LogP contribution >= 0.6 is 30.9 Å². The molecule has 0 aliphatic carbocycles. The highest BCUT2D eigenvalue weighted by molar-refractivity contribution is 7.51. The number of para-hydroxylation sites is 1. The zero-order valence-electron chi connectivity index (χ0n) is 12.0. The molecule has 0 amide bonds. The second kappa shape index (κ2) is 10.4. The average molecular weight is 372 g/mol. The predicted molar refractivity (Wildman–Crippen MR) is 86.7 cm³/mol. The van der Waals surface area contributed by atoms with E-state index in [0.717, 1.165) is 0 Å². The molecular formula is C13H20Cl2NO5P. The maximum Gasteiger partial charge on any atom is 0.461 e. The summed E-state index contributed by atoms with van der Waals surface area (Å²) in [5, 5.41) is 18.3. The van der Waals surface area contributed by atoms with Crippen LogP contribution in [0.2, 0.25) is 0 Å². The summed E-state index contributed by atoms with van der Waals surface area (Å²) < 4.78 is 25.3. The van der Waals surface area contributed by atoms with Crippen molar-refractivity contribution in [2.24, 2.45) is 0 Å². The normalized spacial score (nSPS) is 15.5. The van der Waals surface area contributed by atoms with E-state index >= 15 is 0 Å². The van der Waals surface area contributed by atoms with Gasteiger partial charge in [-0.25, -0.2) is 4.57 Å². The van der Waals surface area contributed by atoms with Gasteiger partial charge in [-0.2, -0.15) is 4.67 Å². The van der Waals surface area contributed by atoms with Gasteiger partial charge in [-0.1, -0.05) is 18.2 Å². The zero-order valence-corrected chi connectivity index (χ0v) is 14.4. The smallest absolute Gasteiger partial charge is 0.413 e. The Morgan fingerprint density at radius 1 is 1.18 bits per heavy atom. The fourth-order valence-corrected chi connectivity index (χ4v) is 3.98. The molecule has 9 heteroatoms. The number of rotatable bonds is 11. The van der Waals surface area contributed by atoms with E-state index in [1.165, 1.54) is 4.67 Å². The van der Waals surface area contributed by atoms with Crippen LogP contribution in [0.5, 0.6) is 5.75 Å². The van der Waals surface area contributed by atoms with Crippen molar-refractivity contribution >= 4 is 30.9 Å². The van der Waals surface area contributed by atoms with Crippen LogP contribution in [0.25, 0.3) is 0 Å². The molecule has 1 rings (SSSR count). The molecule has 1 aromatic carbocycles. The minimum absolute atomic E-state index is 0.213. The molecule has 0 unspecified atom stereocenters. The van der Waals surface area contributed by atoms with Gasteiger partial charge < -0.3 is 14.7 Å². The fraction of sp³-hybridized carbons (Fsp3) is 0.538. The Kier molecular flexibility index (Phi) is 9.36. The summed E-state index contributed by atoms with van der Waals surface area (Å²) in [5.41, 5.74) is 0. The minimum Gasteiger partial charge on any atom is -0.413 e. The maximum atomic E-state index is 13.1. The van der Waals surface area contributed by atoms with Crippen LogP contribution in [0.3, 0.4) is 0 Å². The fourth-order valence-electron chi connectivity index (χ4n) is 1.57. The van der Waals surface area contributed by atoms with Crippen LogP contribution in [-0.4, -0.2) is 59.1 Å². The largest absolute Gasteiger partial charge is 0.461 e. The number of hydrogen-bond donors (Lipinski definition) is 2. The van der Waals surface area contributed by atoms with Gasteiger partial charge in [0.15, 0.2) is 0 Å². The Balaban J connectivity index is 2.93. The Bertz CT molecular complexity index is 459. The number of hydrogen-bond acceptors (Lipinski definition) is 5. The Morgan fingerprint density at radius 3 is 2.27 bits per heavy atom. The second-order valence-corrected chi connectivity index (χ2v) is 7.04. The van der Waals surface area contributed by atoms with E-state index < -0.39 is 20.5 Å². The van der Waals surface area contributed by atoms with Gasteiger partial charge in [0.2, 0.25) is 0 Å². The highest BCUT2D eigenvalue weighted by Crippen LogP contribution is 2.51. The van der Waals surface area contributed by atoms with Crippen LogP contribution in [0.4, 0.5) is 0 Å². The molecule has 0 bridgehead atoms. The maximum absolute atomic E-state index is 13.1. The van der Waals surface area contributed by atoms with Crippen LogP contribution in [0.15, 0.2) is 30.3 Å². The molecule has 0 saturated carbocycles. The van der Waals surface area contributed by atoms with Crippen molar-refractivity contribution in [2.45, 2.75) is 6.10 Å². The quantitative estimate of drug-likeness (QED) is 0.459. The topological polar surface area (TPSA) is 79.2 Å². The Hall–Kier alpha value is -0.330. The number of aliphatic hydroxyl groups is 2. The van der Waals surface area contributed by atoms with Crippen molar-refractivity contribution in [2.75, 3.05) is 38.1 Å². The van der Waals surface area contributed by atoms with Gasteiger partial charge in [-0.3, -0.25) is 4.52 Å². The van der Waals surface area contributed by atoms with Crippen LogP contribution in [0.1, 0.15) is 0 Å². The van der Waals surface area contributed by atoms with E-state index in [0.29, 0.717) is 5.75 Å².